The van der Waals surface area contributed by atoms with E-state index in [0.29, 0.717) is 24.3 Å². The summed E-state index contributed by atoms with van der Waals surface area (Å²) in [4.78, 5) is 21.8. The standard InChI is InChI=1S/C10H18N2O2.C7H14N2O2/c11-8(5-6-1-2-6)9(13)10(14)12-7-3-4-7;8-5(3-4-1-2-4)6(10)7(9)11/h6-9,13H,1-5,11H2,(H,12,14);4-6,10H,1-3,8H2,(H2,9,11). The van der Waals surface area contributed by atoms with E-state index in [9.17, 15) is 14.7 Å². The van der Waals surface area contributed by atoms with Gasteiger partial charge in [0.2, 0.25) is 5.91 Å². The van der Waals surface area contributed by atoms with Crippen LogP contribution in [0, 0.1) is 11.8 Å². The number of nitrogens with two attached hydrogens (primary N) is 3. The van der Waals surface area contributed by atoms with Crippen LogP contribution in [0.1, 0.15) is 51.4 Å². The van der Waals surface area contributed by atoms with Gasteiger partial charge in [-0.15, -0.1) is 0 Å². The highest BCUT2D eigenvalue weighted by Crippen LogP contribution is 2.34. The SMILES string of the molecule is NC(=O)C(O)C(N)CC1CC1.NC(CC1CC1)C(O)C(=O)NC1CC1. The molecule has 3 saturated carbocycles. The first-order valence-corrected chi connectivity index (χ1v) is 9.25. The molecule has 0 bridgehead atoms. The lowest BCUT2D eigenvalue weighted by atomic mass is 10.0. The molecule has 9 N–H and O–H groups in total. The van der Waals surface area contributed by atoms with Crippen LogP contribution in [-0.2, 0) is 9.59 Å². The van der Waals surface area contributed by atoms with Crippen molar-refractivity contribution in [3.8, 4) is 0 Å². The predicted molar refractivity (Wildman–Crippen MR) is 93.0 cm³/mol. The number of primary amides is 1. The summed E-state index contributed by atoms with van der Waals surface area (Å²) in [6.07, 6.45) is 6.11. The zero-order valence-electron chi connectivity index (χ0n) is 14.6. The molecular formula is C17H32N4O4. The van der Waals surface area contributed by atoms with Crippen molar-refractivity contribution in [1.29, 1.82) is 0 Å². The highest BCUT2D eigenvalue weighted by atomic mass is 16.3. The van der Waals surface area contributed by atoms with Crippen LogP contribution in [0.15, 0.2) is 0 Å². The number of carbonyl (C=O) groups is 2. The lowest BCUT2D eigenvalue weighted by Gasteiger charge is -2.17. The molecule has 4 unspecified atom stereocenters. The van der Waals surface area contributed by atoms with Crippen molar-refractivity contribution in [2.24, 2.45) is 29.0 Å². The summed E-state index contributed by atoms with van der Waals surface area (Å²) in [5.41, 5.74) is 16.1. The molecule has 0 spiro atoms. The fourth-order valence-electron chi connectivity index (χ4n) is 2.65. The normalized spacial score (nSPS) is 24.3. The van der Waals surface area contributed by atoms with Gasteiger partial charge in [-0.05, 0) is 37.5 Å². The van der Waals surface area contributed by atoms with Crippen molar-refractivity contribution in [3.05, 3.63) is 0 Å². The molecule has 3 aliphatic rings. The Morgan fingerprint density at radius 3 is 1.68 bits per heavy atom. The maximum Gasteiger partial charge on any atom is 0.250 e. The maximum absolute atomic E-state index is 11.4. The zero-order chi connectivity index (χ0) is 18.6. The number of aliphatic hydroxyl groups excluding tert-OH is 2. The van der Waals surface area contributed by atoms with Gasteiger partial charge in [-0.2, -0.15) is 0 Å². The molecule has 0 radical (unpaired) electrons. The minimum absolute atomic E-state index is 0.291. The Morgan fingerprint density at radius 1 is 0.880 bits per heavy atom. The summed E-state index contributed by atoms with van der Waals surface area (Å²) < 4.78 is 0. The number of rotatable bonds is 9. The van der Waals surface area contributed by atoms with Crippen molar-refractivity contribution in [1.82, 2.24) is 5.32 Å². The second-order valence-corrected chi connectivity index (χ2v) is 7.76. The van der Waals surface area contributed by atoms with Crippen LogP contribution >= 0.6 is 0 Å². The summed E-state index contributed by atoms with van der Waals surface area (Å²) >= 11 is 0. The van der Waals surface area contributed by atoms with Gasteiger partial charge < -0.3 is 32.7 Å². The van der Waals surface area contributed by atoms with Gasteiger partial charge in [0.1, 0.15) is 12.2 Å². The first-order valence-electron chi connectivity index (χ1n) is 9.25. The molecule has 8 heteroatoms. The molecule has 3 rings (SSSR count). The second kappa shape index (κ2) is 8.93. The monoisotopic (exact) mass is 356 g/mol. The Bertz CT molecular complexity index is 464. The number of hydrogen-bond acceptors (Lipinski definition) is 6. The topological polar surface area (TPSA) is 165 Å². The summed E-state index contributed by atoms with van der Waals surface area (Å²) in [5.74, 6) is 0.242. The van der Waals surface area contributed by atoms with Gasteiger partial charge in [0.15, 0.2) is 0 Å². The molecule has 0 aromatic rings. The van der Waals surface area contributed by atoms with Crippen LogP contribution in [0.3, 0.4) is 0 Å². The van der Waals surface area contributed by atoms with Crippen molar-refractivity contribution >= 4 is 11.8 Å². The molecule has 0 aromatic heterocycles. The molecule has 25 heavy (non-hydrogen) atoms. The van der Waals surface area contributed by atoms with Crippen molar-refractivity contribution < 1.29 is 19.8 Å². The third-order valence-corrected chi connectivity index (χ3v) is 4.90. The average molecular weight is 356 g/mol. The van der Waals surface area contributed by atoms with Gasteiger partial charge in [0.05, 0.1) is 0 Å². The molecule has 3 aliphatic carbocycles. The summed E-state index contributed by atoms with van der Waals surface area (Å²) in [6.45, 7) is 0. The number of aliphatic hydroxyl groups is 2. The van der Waals surface area contributed by atoms with E-state index >= 15 is 0 Å². The lowest BCUT2D eigenvalue weighted by molar-refractivity contribution is -0.130. The van der Waals surface area contributed by atoms with E-state index in [-0.39, 0.29) is 11.9 Å². The van der Waals surface area contributed by atoms with E-state index in [2.05, 4.69) is 5.32 Å². The smallest absolute Gasteiger partial charge is 0.250 e. The molecule has 0 heterocycles. The number of amides is 2. The van der Waals surface area contributed by atoms with E-state index in [0.717, 1.165) is 19.3 Å². The van der Waals surface area contributed by atoms with Crippen molar-refractivity contribution in [2.75, 3.05) is 0 Å². The summed E-state index contributed by atoms with van der Waals surface area (Å²) in [7, 11) is 0. The van der Waals surface area contributed by atoms with Crippen molar-refractivity contribution in [2.45, 2.75) is 81.7 Å². The Labute approximate surface area is 148 Å². The van der Waals surface area contributed by atoms with Gasteiger partial charge in [-0.1, -0.05) is 25.7 Å². The Balaban J connectivity index is 0.000000186. The van der Waals surface area contributed by atoms with Crippen LogP contribution in [0.5, 0.6) is 0 Å². The Hall–Kier alpha value is -1.22. The van der Waals surface area contributed by atoms with Gasteiger partial charge >= 0.3 is 0 Å². The molecule has 0 saturated heterocycles. The third-order valence-electron chi connectivity index (χ3n) is 4.90. The predicted octanol–water partition coefficient (Wildman–Crippen LogP) is -1.29. The fraction of sp³-hybridized carbons (Fsp3) is 0.882. The van der Waals surface area contributed by atoms with Crippen LogP contribution < -0.4 is 22.5 Å². The minimum atomic E-state index is -1.17. The third kappa shape index (κ3) is 7.68. The van der Waals surface area contributed by atoms with Gasteiger partial charge in [0, 0.05) is 18.1 Å². The molecule has 0 aliphatic heterocycles. The quantitative estimate of drug-likeness (QED) is 0.301. The fourth-order valence-corrected chi connectivity index (χ4v) is 2.65. The van der Waals surface area contributed by atoms with Gasteiger partial charge in [-0.25, -0.2) is 0 Å². The molecule has 8 nitrogen and oxygen atoms in total. The molecule has 3 fully saturated rings. The van der Waals surface area contributed by atoms with Crippen LogP contribution in [0.25, 0.3) is 0 Å². The first-order chi connectivity index (χ1) is 11.8. The molecular weight excluding hydrogens is 324 g/mol. The van der Waals surface area contributed by atoms with Crippen LogP contribution in [-0.4, -0.2) is 52.4 Å². The summed E-state index contributed by atoms with van der Waals surface area (Å²) in [6, 6.07) is -0.563. The summed E-state index contributed by atoms with van der Waals surface area (Å²) in [5, 5.41) is 21.4. The number of carbonyl (C=O) groups excluding carboxylic acids is 2. The first kappa shape index (κ1) is 20.1. The number of hydrogen-bond donors (Lipinski definition) is 6. The molecule has 2 amide bonds. The molecule has 144 valence electrons. The van der Waals surface area contributed by atoms with E-state index in [4.69, 9.17) is 22.3 Å². The van der Waals surface area contributed by atoms with E-state index < -0.39 is 24.2 Å². The molecule has 0 aromatic carbocycles. The highest BCUT2D eigenvalue weighted by molar-refractivity contribution is 5.81. The van der Waals surface area contributed by atoms with Gasteiger partial charge in [-0.3, -0.25) is 9.59 Å². The van der Waals surface area contributed by atoms with Crippen LogP contribution in [0.4, 0.5) is 0 Å². The highest BCUT2D eigenvalue weighted by Gasteiger charge is 2.33. The Kier molecular flexibility index (Phi) is 7.18. The molecule has 4 atom stereocenters. The largest absolute Gasteiger partial charge is 0.382 e. The average Bonchev–Trinajstić information content (AvgIpc) is 3.37. The van der Waals surface area contributed by atoms with E-state index in [1.807, 2.05) is 0 Å². The van der Waals surface area contributed by atoms with Gasteiger partial charge in [0.25, 0.3) is 5.91 Å². The van der Waals surface area contributed by atoms with Crippen molar-refractivity contribution in [3.63, 3.8) is 0 Å². The maximum atomic E-state index is 11.4. The van der Waals surface area contributed by atoms with E-state index in [1.165, 1.54) is 25.7 Å². The number of nitrogens with one attached hydrogen (secondary N) is 1. The Morgan fingerprint density at radius 2 is 1.32 bits per heavy atom. The van der Waals surface area contributed by atoms with E-state index in [1.54, 1.807) is 0 Å². The zero-order valence-corrected chi connectivity index (χ0v) is 14.6. The minimum Gasteiger partial charge on any atom is -0.382 e. The lowest BCUT2D eigenvalue weighted by Crippen LogP contribution is -2.47. The van der Waals surface area contributed by atoms with Crippen LogP contribution in [0.2, 0.25) is 0 Å². The second-order valence-electron chi connectivity index (χ2n) is 7.76.